The Balaban J connectivity index is 1.46. The number of nitrogens with one attached hydrogen (secondary N) is 2. The molecule has 13 nitrogen and oxygen atoms in total. The third-order valence-corrected chi connectivity index (χ3v) is 19.1. The second-order valence-electron chi connectivity index (χ2n) is 17.0. The van der Waals surface area contributed by atoms with Crippen LogP contribution in [0.5, 0.6) is 0 Å². The molecular formula is C39H57N5O8Si2. The van der Waals surface area contributed by atoms with Gasteiger partial charge in [0.1, 0.15) is 36.6 Å². The van der Waals surface area contributed by atoms with Crippen LogP contribution in [-0.2, 0) is 33.2 Å². The lowest BCUT2D eigenvalue weighted by Crippen LogP contribution is -2.44. The van der Waals surface area contributed by atoms with E-state index >= 15 is 0 Å². The van der Waals surface area contributed by atoms with Gasteiger partial charge in [0.05, 0.1) is 23.4 Å². The number of aromatic nitrogens is 2. The molecule has 3 heterocycles. The number of nitrogens with zero attached hydrogens (tertiary/aromatic N) is 3. The molecule has 0 saturated carbocycles. The fourth-order valence-electron chi connectivity index (χ4n) is 5.46. The zero-order valence-electron chi connectivity index (χ0n) is 33.7. The molecule has 2 N–H and O–H groups in total. The monoisotopic (exact) mass is 779 g/mol. The van der Waals surface area contributed by atoms with Crippen LogP contribution in [0.2, 0.25) is 36.3 Å². The summed E-state index contributed by atoms with van der Waals surface area (Å²) < 4.78 is 27.1. The molecule has 1 fully saturated rings. The molecule has 1 aromatic heterocycles. The fourth-order valence-corrected chi connectivity index (χ4v) is 6.69. The highest BCUT2D eigenvalue weighted by Gasteiger charge is 2.46. The smallest absolute Gasteiger partial charge is 0.419 e. The highest BCUT2D eigenvalue weighted by atomic mass is 28.4. The average molecular weight is 780 g/mol. The minimum Gasteiger partial charge on any atom is -0.419 e. The van der Waals surface area contributed by atoms with Crippen molar-refractivity contribution in [1.29, 1.82) is 0 Å². The van der Waals surface area contributed by atoms with E-state index in [1.165, 1.54) is 11.8 Å². The first-order valence-corrected chi connectivity index (χ1v) is 24.3. The van der Waals surface area contributed by atoms with Crippen molar-refractivity contribution in [1.82, 2.24) is 20.2 Å². The number of rotatable bonds is 12. The Bertz CT molecular complexity index is 1760. The Labute approximate surface area is 321 Å². The number of carbonyl (C=O) groups excluding carboxylic acids is 2. The summed E-state index contributed by atoms with van der Waals surface area (Å²) in [4.78, 5) is 44.9. The van der Waals surface area contributed by atoms with Crippen LogP contribution in [0.4, 0.5) is 16.2 Å². The summed E-state index contributed by atoms with van der Waals surface area (Å²) in [5.41, 5.74) is 3.03. The molecule has 54 heavy (non-hydrogen) atoms. The van der Waals surface area contributed by atoms with Gasteiger partial charge in [0.25, 0.3) is 0 Å². The molecule has 294 valence electrons. The van der Waals surface area contributed by atoms with Gasteiger partial charge in [-0.25, -0.2) is 24.5 Å². The van der Waals surface area contributed by atoms with Crippen molar-refractivity contribution in [3.8, 4) is 0 Å². The molecule has 4 atom stereocenters. The van der Waals surface area contributed by atoms with E-state index in [9.17, 15) is 9.59 Å². The van der Waals surface area contributed by atoms with Gasteiger partial charge in [-0.3, -0.25) is 13.9 Å². The van der Waals surface area contributed by atoms with E-state index in [2.05, 4.69) is 78.4 Å². The van der Waals surface area contributed by atoms with Crippen molar-refractivity contribution in [3.05, 3.63) is 84.2 Å². The summed E-state index contributed by atoms with van der Waals surface area (Å²) in [6.07, 6.45) is -1.23. The van der Waals surface area contributed by atoms with Crippen LogP contribution in [0.3, 0.4) is 0 Å². The van der Waals surface area contributed by atoms with E-state index < -0.39 is 47.4 Å². The Kier molecular flexibility index (Phi) is 12.3. The molecule has 5 rings (SSSR count). The Morgan fingerprint density at radius 3 is 2.02 bits per heavy atom. The van der Waals surface area contributed by atoms with Crippen molar-refractivity contribution < 1.29 is 38.0 Å². The van der Waals surface area contributed by atoms with Crippen LogP contribution in [0.1, 0.15) is 85.7 Å². The maximum Gasteiger partial charge on any atom is 0.421 e. The average Bonchev–Trinajstić information content (AvgIpc) is 3.71. The number of anilines is 2. The molecule has 15 heteroatoms. The van der Waals surface area contributed by atoms with Gasteiger partial charge in [0.2, 0.25) is 28.8 Å². The van der Waals surface area contributed by atoms with E-state index in [1.54, 1.807) is 6.33 Å². The first-order chi connectivity index (χ1) is 25.2. The summed E-state index contributed by atoms with van der Waals surface area (Å²) >= 11 is 0. The molecular weight excluding hydrogens is 723 g/mol. The van der Waals surface area contributed by atoms with Gasteiger partial charge in [0.15, 0.2) is 0 Å². The molecule has 2 aliphatic rings. The number of ether oxygens (including phenoxy) is 2. The Morgan fingerprint density at radius 1 is 0.926 bits per heavy atom. The van der Waals surface area contributed by atoms with Gasteiger partial charge in [-0.15, -0.1) is 0 Å². The maximum absolute atomic E-state index is 14.1. The minimum atomic E-state index is -2.29. The van der Waals surface area contributed by atoms with E-state index in [-0.39, 0.29) is 22.6 Å². The quantitative estimate of drug-likeness (QED) is 0.104. The predicted molar refractivity (Wildman–Crippen MR) is 212 cm³/mol. The number of hydrogen-bond acceptors (Lipinski definition) is 10. The standard InChI is InChI=1S/C39H57N5O8Si2/c1-26-34-33(36(42-35(26)41-27(2)45)49-37(46)44(28-19-15-13-16-20-28)29-21-17-14-18-22-29)40-25-43(34)32-23-30(50-52-54(11,12)39(6,7)8)31(48-32)24-47-51-53(9,10)38(3,4)5/h13-22,25,30-32,36,42H,23-24H2,1-12H3,(H,41,45)/t30-,31+,32+,36?/m0/s1. The Morgan fingerprint density at radius 2 is 1.48 bits per heavy atom. The molecule has 3 aromatic rings. The topological polar surface area (TPSA) is 135 Å². The van der Waals surface area contributed by atoms with Crippen molar-refractivity contribution in [2.75, 3.05) is 11.5 Å². The van der Waals surface area contributed by atoms with Gasteiger partial charge < -0.3 is 24.7 Å². The third kappa shape index (κ3) is 9.16. The summed E-state index contributed by atoms with van der Waals surface area (Å²) in [5.74, 6) is 0.0918. The number of carbonyl (C=O) groups is 2. The van der Waals surface area contributed by atoms with Crippen LogP contribution in [0, 0.1) is 0 Å². The molecule has 0 radical (unpaired) electrons. The van der Waals surface area contributed by atoms with Crippen LogP contribution in [0.15, 0.2) is 72.8 Å². The van der Waals surface area contributed by atoms with E-state index in [0.717, 1.165) is 0 Å². The number of fused-ring (bicyclic) bond motifs is 1. The molecule has 1 saturated heterocycles. The zero-order valence-corrected chi connectivity index (χ0v) is 35.7. The second kappa shape index (κ2) is 16.1. The molecule has 1 unspecified atom stereocenters. The first-order valence-electron chi connectivity index (χ1n) is 18.4. The molecule has 0 spiro atoms. The van der Waals surface area contributed by atoms with E-state index in [0.29, 0.717) is 40.6 Å². The molecule has 0 bridgehead atoms. The van der Waals surface area contributed by atoms with Crippen molar-refractivity contribution in [2.45, 2.75) is 123 Å². The van der Waals surface area contributed by atoms with Gasteiger partial charge in [-0.2, -0.15) is 0 Å². The molecule has 0 aliphatic carbocycles. The number of para-hydroxylation sites is 2. The summed E-state index contributed by atoms with van der Waals surface area (Å²) in [6.45, 7) is 24.8. The number of imidazole rings is 1. The highest BCUT2D eigenvalue weighted by molar-refractivity contribution is 6.74. The molecule has 2 amide bonds. The van der Waals surface area contributed by atoms with Gasteiger partial charge in [-0.05, 0) is 67.5 Å². The summed E-state index contributed by atoms with van der Waals surface area (Å²) in [6, 6.07) is 18.5. The fraction of sp³-hybridized carbons (Fsp3) is 0.513. The Hall–Kier alpha value is -3.84. The van der Waals surface area contributed by atoms with Gasteiger partial charge >= 0.3 is 6.09 Å². The van der Waals surface area contributed by atoms with Crippen LogP contribution < -0.4 is 15.5 Å². The number of hydrogen-bond donors (Lipinski definition) is 2. The third-order valence-electron chi connectivity index (χ3n) is 10.8. The number of allylic oxidation sites excluding steroid dienone is 1. The first kappa shape index (κ1) is 41.3. The van der Waals surface area contributed by atoms with E-state index in [4.69, 9.17) is 33.4 Å². The maximum atomic E-state index is 14.1. The lowest BCUT2D eigenvalue weighted by Gasteiger charge is -2.36. The summed E-state index contributed by atoms with van der Waals surface area (Å²) in [5, 5.41) is 5.93. The minimum absolute atomic E-state index is 0.0496. The van der Waals surface area contributed by atoms with Crippen LogP contribution >= 0.6 is 0 Å². The van der Waals surface area contributed by atoms with Gasteiger partial charge in [0, 0.05) is 18.9 Å². The van der Waals surface area contributed by atoms with Crippen molar-refractivity contribution >= 4 is 45.6 Å². The van der Waals surface area contributed by atoms with Crippen molar-refractivity contribution in [3.63, 3.8) is 0 Å². The lowest BCUT2D eigenvalue weighted by molar-refractivity contribution is -0.290. The SMILES string of the molecule is CC(=O)NC1=C(C)c2c(ncn2[C@H]2C[C@H](OO[Si](C)(C)C(C)(C)C)[C@@H](COO[Si](C)(C)C(C)(C)C)O2)C(OC(=O)N(c2ccccc2)c2ccccc2)N1. The predicted octanol–water partition coefficient (Wildman–Crippen LogP) is 8.85. The zero-order chi connectivity index (χ0) is 39.6. The lowest BCUT2D eigenvalue weighted by atomic mass is 10.1. The molecule has 2 aromatic carbocycles. The van der Waals surface area contributed by atoms with Gasteiger partial charge in [-0.1, -0.05) is 77.9 Å². The second-order valence-corrected chi connectivity index (χ2v) is 26.3. The normalized spacial score (nSPS) is 20.7. The van der Waals surface area contributed by atoms with Crippen LogP contribution in [0.25, 0.3) is 5.57 Å². The molecule has 2 aliphatic heterocycles. The largest absolute Gasteiger partial charge is 0.421 e. The van der Waals surface area contributed by atoms with Crippen LogP contribution in [-0.4, -0.2) is 57.0 Å². The summed E-state index contributed by atoms with van der Waals surface area (Å²) in [7, 11) is -4.51. The van der Waals surface area contributed by atoms with E-state index in [1.807, 2.05) is 72.2 Å². The number of benzene rings is 2. The number of amides is 2. The highest BCUT2D eigenvalue weighted by Crippen LogP contribution is 2.42. The van der Waals surface area contributed by atoms with Crippen molar-refractivity contribution in [2.24, 2.45) is 0 Å².